The Morgan fingerprint density at radius 3 is 2.36 bits per heavy atom. The lowest BCUT2D eigenvalue weighted by Crippen LogP contribution is -2.44. The van der Waals surface area contributed by atoms with Crippen LogP contribution in [-0.4, -0.2) is 23.8 Å². The van der Waals surface area contributed by atoms with Gasteiger partial charge in [-0.15, -0.1) is 0 Å². The highest BCUT2D eigenvalue weighted by molar-refractivity contribution is 7.92. The predicted octanol–water partition coefficient (Wildman–Crippen LogP) is 2.26. The molecule has 2 N–H and O–H groups in total. The van der Waals surface area contributed by atoms with E-state index in [-0.39, 0.29) is 0 Å². The maximum Gasteiger partial charge on any atom is 0.257 e. The van der Waals surface area contributed by atoms with E-state index in [1.54, 1.807) is 38.1 Å². The van der Waals surface area contributed by atoms with Crippen LogP contribution in [0.5, 0.6) is 0 Å². The average molecular weight is 321 g/mol. The third-order valence-electron chi connectivity index (χ3n) is 4.17. The summed E-state index contributed by atoms with van der Waals surface area (Å²) in [4.78, 5) is 4.64. The number of hydrogen-bond donors (Lipinski definition) is 1. The Balaban J connectivity index is 1.88. The Morgan fingerprint density at radius 2 is 1.86 bits per heavy atom. The van der Waals surface area contributed by atoms with Gasteiger partial charge in [0.2, 0.25) is 0 Å². The van der Waals surface area contributed by atoms with Gasteiger partial charge >= 0.3 is 0 Å². The molecule has 1 aromatic carbocycles. The number of rotatable bonds is 4. The van der Waals surface area contributed by atoms with Gasteiger partial charge in [-0.25, -0.2) is 8.42 Å². The highest BCUT2D eigenvalue weighted by Gasteiger charge is 2.39. The molecule has 1 aliphatic rings. The summed E-state index contributed by atoms with van der Waals surface area (Å²) in [5.41, 5.74) is 6.38. The Kier molecular flexibility index (Phi) is 3.57. The Bertz CT molecular complexity index is 775. The lowest BCUT2D eigenvalue weighted by atomic mass is 9.77. The van der Waals surface area contributed by atoms with Gasteiger partial charge in [0.15, 0.2) is 15.7 Å². The average Bonchev–Trinajstić information content (AvgIpc) is 2.95. The smallest absolute Gasteiger partial charge is 0.257 e. The molecule has 0 radical (unpaired) electrons. The molecule has 118 valence electrons. The standard InChI is InChI=1S/C15H19N3O3S/c1-10(2)22(19,20)12-6-4-11(5-7-12)13-17-14(18-21-13)15(16)8-3-9-15/h4-7,10H,3,8-9,16H2,1-2H3. The quantitative estimate of drug-likeness (QED) is 0.927. The van der Waals surface area contributed by atoms with E-state index in [1.165, 1.54) is 0 Å². The molecule has 0 unspecified atom stereocenters. The van der Waals surface area contributed by atoms with Crippen molar-refractivity contribution in [1.82, 2.24) is 10.1 Å². The van der Waals surface area contributed by atoms with Crippen molar-refractivity contribution < 1.29 is 12.9 Å². The Labute approximate surface area is 129 Å². The van der Waals surface area contributed by atoms with E-state index in [0.29, 0.717) is 22.2 Å². The second-order valence-electron chi connectivity index (χ2n) is 6.05. The molecule has 1 saturated carbocycles. The van der Waals surface area contributed by atoms with Gasteiger partial charge in [0, 0.05) is 5.56 Å². The van der Waals surface area contributed by atoms with Crippen molar-refractivity contribution in [3.63, 3.8) is 0 Å². The zero-order valence-corrected chi connectivity index (χ0v) is 13.4. The van der Waals surface area contributed by atoms with Crippen LogP contribution >= 0.6 is 0 Å². The minimum absolute atomic E-state index is 0.292. The highest BCUT2D eigenvalue weighted by Crippen LogP contribution is 2.37. The molecule has 0 aliphatic heterocycles. The summed E-state index contributed by atoms with van der Waals surface area (Å²) in [6, 6.07) is 6.49. The summed E-state index contributed by atoms with van der Waals surface area (Å²) in [5, 5.41) is 3.50. The van der Waals surface area contributed by atoms with Crippen LogP contribution in [0.1, 0.15) is 38.9 Å². The molecule has 1 heterocycles. The second kappa shape index (κ2) is 5.17. The van der Waals surface area contributed by atoms with Crippen molar-refractivity contribution in [3.8, 4) is 11.5 Å². The third-order valence-corrected chi connectivity index (χ3v) is 6.34. The van der Waals surface area contributed by atoms with Gasteiger partial charge in [-0.3, -0.25) is 0 Å². The predicted molar refractivity (Wildman–Crippen MR) is 81.8 cm³/mol. The third kappa shape index (κ3) is 2.44. The largest absolute Gasteiger partial charge is 0.334 e. The summed E-state index contributed by atoms with van der Waals surface area (Å²) >= 11 is 0. The number of nitrogens with zero attached hydrogens (tertiary/aromatic N) is 2. The number of nitrogens with two attached hydrogens (primary N) is 1. The molecule has 7 heteroatoms. The van der Waals surface area contributed by atoms with Crippen LogP contribution in [0.4, 0.5) is 0 Å². The van der Waals surface area contributed by atoms with Crippen molar-refractivity contribution in [2.75, 3.05) is 0 Å². The summed E-state index contributed by atoms with van der Waals surface area (Å²) < 4.78 is 29.4. The number of aromatic nitrogens is 2. The first kappa shape index (κ1) is 15.2. The van der Waals surface area contributed by atoms with Crippen LogP contribution in [0, 0.1) is 0 Å². The number of hydrogen-bond acceptors (Lipinski definition) is 6. The lowest BCUT2D eigenvalue weighted by molar-refractivity contribution is 0.229. The van der Waals surface area contributed by atoms with Gasteiger partial charge in [-0.1, -0.05) is 5.16 Å². The zero-order valence-electron chi connectivity index (χ0n) is 12.6. The first-order valence-electron chi connectivity index (χ1n) is 7.30. The molecule has 0 spiro atoms. The summed E-state index contributed by atoms with van der Waals surface area (Å²) in [6.07, 6.45) is 2.79. The summed E-state index contributed by atoms with van der Waals surface area (Å²) in [7, 11) is -3.28. The van der Waals surface area contributed by atoms with Gasteiger partial charge in [0.05, 0.1) is 15.7 Å². The van der Waals surface area contributed by atoms with Gasteiger partial charge < -0.3 is 10.3 Å². The maximum atomic E-state index is 12.1. The van der Waals surface area contributed by atoms with Gasteiger partial charge in [-0.05, 0) is 57.4 Å². The molecule has 1 fully saturated rings. The van der Waals surface area contributed by atoms with E-state index >= 15 is 0 Å². The van der Waals surface area contributed by atoms with E-state index in [2.05, 4.69) is 10.1 Å². The molecule has 0 saturated heterocycles. The summed E-state index contributed by atoms with van der Waals surface area (Å²) in [5.74, 6) is 0.882. The van der Waals surface area contributed by atoms with Crippen molar-refractivity contribution in [2.45, 2.75) is 48.8 Å². The molecule has 2 aromatic rings. The molecule has 0 bridgehead atoms. The van der Waals surface area contributed by atoms with E-state index < -0.39 is 20.6 Å². The molecule has 1 aromatic heterocycles. The fourth-order valence-electron chi connectivity index (χ4n) is 2.38. The van der Waals surface area contributed by atoms with Crippen molar-refractivity contribution in [1.29, 1.82) is 0 Å². The normalized spacial score (nSPS) is 17.5. The van der Waals surface area contributed by atoms with Crippen LogP contribution in [0.15, 0.2) is 33.7 Å². The van der Waals surface area contributed by atoms with Gasteiger partial charge in [0.1, 0.15) is 0 Å². The zero-order chi connectivity index (χ0) is 16.0. The minimum atomic E-state index is -3.28. The van der Waals surface area contributed by atoms with Crippen LogP contribution in [-0.2, 0) is 15.4 Å². The van der Waals surface area contributed by atoms with Crippen LogP contribution in [0.3, 0.4) is 0 Å². The Hall–Kier alpha value is -1.73. The summed E-state index contributed by atoms with van der Waals surface area (Å²) in [6.45, 7) is 3.32. The maximum absolute atomic E-state index is 12.1. The molecule has 0 amide bonds. The molecular weight excluding hydrogens is 302 g/mol. The highest BCUT2D eigenvalue weighted by atomic mass is 32.2. The molecule has 3 rings (SSSR count). The van der Waals surface area contributed by atoms with Gasteiger partial charge in [-0.2, -0.15) is 4.98 Å². The molecular formula is C15H19N3O3S. The second-order valence-corrected chi connectivity index (χ2v) is 8.56. The van der Waals surface area contributed by atoms with Crippen LogP contribution in [0.2, 0.25) is 0 Å². The van der Waals surface area contributed by atoms with Crippen molar-refractivity contribution >= 4 is 9.84 Å². The van der Waals surface area contributed by atoms with Crippen molar-refractivity contribution in [3.05, 3.63) is 30.1 Å². The molecule has 22 heavy (non-hydrogen) atoms. The monoisotopic (exact) mass is 321 g/mol. The lowest BCUT2D eigenvalue weighted by Gasteiger charge is -2.34. The SMILES string of the molecule is CC(C)S(=O)(=O)c1ccc(-c2nc(C3(N)CCC3)no2)cc1. The van der Waals surface area contributed by atoms with Crippen LogP contribution in [0.25, 0.3) is 11.5 Å². The first-order chi connectivity index (χ1) is 10.3. The fraction of sp³-hybridized carbons (Fsp3) is 0.467. The van der Waals surface area contributed by atoms with E-state index in [0.717, 1.165) is 19.3 Å². The van der Waals surface area contributed by atoms with Gasteiger partial charge in [0.25, 0.3) is 5.89 Å². The molecule has 0 atom stereocenters. The first-order valence-corrected chi connectivity index (χ1v) is 8.85. The fourth-order valence-corrected chi connectivity index (χ4v) is 3.44. The topological polar surface area (TPSA) is 99.1 Å². The molecule has 6 nitrogen and oxygen atoms in total. The minimum Gasteiger partial charge on any atom is -0.334 e. The van der Waals surface area contributed by atoms with E-state index in [9.17, 15) is 8.42 Å². The molecule has 1 aliphatic carbocycles. The van der Waals surface area contributed by atoms with Crippen molar-refractivity contribution in [2.24, 2.45) is 5.73 Å². The number of sulfone groups is 1. The van der Waals surface area contributed by atoms with E-state index in [4.69, 9.17) is 10.3 Å². The Morgan fingerprint density at radius 1 is 1.23 bits per heavy atom. The van der Waals surface area contributed by atoms with E-state index in [1.807, 2.05) is 0 Å². The van der Waals surface area contributed by atoms with Crippen LogP contribution < -0.4 is 5.73 Å². The number of benzene rings is 1.